The fourth-order valence-electron chi connectivity index (χ4n) is 2.50. The maximum atomic E-state index is 13.1. The van der Waals surface area contributed by atoms with Gasteiger partial charge in [-0.25, -0.2) is 0 Å². The first-order chi connectivity index (χ1) is 13.2. The van der Waals surface area contributed by atoms with Crippen molar-refractivity contribution in [2.75, 3.05) is 0 Å². The molecule has 0 N–H and O–H groups in total. The van der Waals surface area contributed by atoms with Crippen LogP contribution in [0.4, 0.5) is 13.2 Å². The van der Waals surface area contributed by atoms with Crippen molar-refractivity contribution in [2.24, 2.45) is 0 Å². The van der Waals surface area contributed by atoms with Crippen molar-refractivity contribution < 1.29 is 17.4 Å². The first kappa shape index (κ1) is 20.3. The molecular weight excluding hydrogens is 413 g/mol. The molecule has 4 nitrogen and oxygen atoms in total. The second-order valence-corrected chi connectivity index (χ2v) is 7.11. The lowest BCUT2D eigenvalue weighted by Crippen LogP contribution is -2.22. The van der Waals surface area contributed by atoms with Gasteiger partial charge in [-0.2, -0.15) is 18.2 Å². The van der Waals surface area contributed by atoms with Crippen molar-refractivity contribution in [1.29, 1.82) is 0 Å². The quantitative estimate of drug-likeness (QED) is 0.509. The van der Waals surface area contributed by atoms with Crippen molar-refractivity contribution in [2.45, 2.75) is 24.9 Å². The van der Waals surface area contributed by atoms with E-state index in [-0.39, 0.29) is 17.4 Å². The van der Waals surface area contributed by atoms with Gasteiger partial charge in [0, 0.05) is 4.90 Å². The molecule has 28 heavy (non-hydrogen) atoms. The molecule has 0 radical (unpaired) electrons. The van der Waals surface area contributed by atoms with Gasteiger partial charge in [-0.1, -0.05) is 35.4 Å². The number of rotatable bonds is 4. The number of nitrogens with zero attached hydrogens (tertiary/aromatic N) is 2. The Kier molecular flexibility index (Phi) is 5.71. The minimum Gasteiger partial charge on any atom is -0.400 e. The Morgan fingerprint density at radius 1 is 1.11 bits per heavy atom. The average molecular weight is 427 g/mol. The molecule has 0 amide bonds. The predicted molar refractivity (Wildman–Crippen MR) is 102 cm³/mol. The Balaban J connectivity index is 1.93. The summed E-state index contributed by atoms with van der Waals surface area (Å²) in [5.74, 6) is 0.195. The van der Waals surface area contributed by atoms with Crippen LogP contribution in [-0.4, -0.2) is 9.55 Å². The normalized spacial score (nSPS) is 11.5. The van der Waals surface area contributed by atoms with Gasteiger partial charge in [0.25, 0.3) is 5.56 Å². The Labute approximate surface area is 168 Å². The van der Waals surface area contributed by atoms with Crippen LogP contribution in [0.15, 0.2) is 58.2 Å². The van der Waals surface area contributed by atoms with Gasteiger partial charge in [0.1, 0.15) is 5.82 Å². The van der Waals surface area contributed by atoms with Crippen molar-refractivity contribution in [3.8, 4) is 11.6 Å². The van der Waals surface area contributed by atoms with Crippen LogP contribution in [0, 0.1) is 13.8 Å². The van der Waals surface area contributed by atoms with E-state index in [0.717, 1.165) is 39.2 Å². The SMILES string of the molecule is Cc1ccc(SOc2cc(=O)n(-c3cccc(C(F)(F)F)c3Cl)c(C)n2)cc1. The van der Waals surface area contributed by atoms with Gasteiger partial charge in [-0.3, -0.25) is 9.36 Å². The molecule has 0 aliphatic carbocycles. The Morgan fingerprint density at radius 2 is 1.79 bits per heavy atom. The first-order valence-electron chi connectivity index (χ1n) is 8.05. The van der Waals surface area contributed by atoms with Gasteiger partial charge in [0.15, 0.2) is 0 Å². The van der Waals surface area contributed by atoms with E-state index in [0.29, 0.717) is 0 Å². The predicted octanol–water partition coefficient (Wildman–Crippen LogP) is 5.61. The molecule has 146 valence electrons. The molecule has 1 heterocycles. The third-order valence-corrected chi connectivity index (χ3v) is 4.95. The molecule has 2 aromatic carbocycles. The molecule has 0 aliphatic heterocycles. The molecule has 0 saturated heterocycles. The molecule has 0 spiro atoms. The summed E-state index contributed by atoms with van der Waals surface area (Å²) in [5.41, 5.74) is -0.621. The van der Waals surface area contributed by atoms with Gasteiger partial charge in [0.05, 0.1) is 34.4 Å². The van der Waals surface area contributed by atoms with Crippen LogP contribution in [0.1, 0.15) is 17.0 Å². The highest BCUT2D eigenvalue weighted by Gasteiger charge is 2.34. The third-order valence-electron chi connectivity index (χ3n) is 3.83. The molecule has 3 aromatic rings. The Hall–Kier alpha value is -2.45. The highest BCUT2D eigenvalue weighted by atomic mass is 35.5. The molecule has 0 unspecified atom stereocenters. The number of alkyl halides is 3. The Bertz CT molecular complexity index is 1070. The summed E-state index contributed by atoms with van der Waals surface area (Å²) in [4.78, 5) is 17.5. The van der Waals surface area contributed by atoms with E-state index in [1.807, 2.05) is 31.2 Å². The van der Waals surface area contributed by atoms with E-state index in [4.69, 9.17) is 15.8 Å². The number of benzene rings is 2. The van der Waals surface area contributed by atoms with E-state index < -0.39 is 22.3 Å². The fraction of sp³-hybridized carbons (Fsp3) is 0.158. The van der Waals surface area contributed by atoms with Crippen molar-refractivity contribution in [1.82, 2.24) is 9.55 Å². The Morgan fingerprint density at radius 3 is 2.39 bits per heavy atom. The first-order valence-corrected chi connectivity index (χ1v) is 9.17. The van der Waals surface area contributed by atoms with Gasteiger partial charge < -0.3 is 4.18 Å². The minimum atomic E-state index is -4.63. The van der Waals surface area contributed by atoms with Crippen LogP contribution >= 0.6 is 23.6 Å². The molecule has 0 saturated carbocycles. The van der Waals surface area contributed by atoms with Gasteiger partial charge in [-0.15, -0.1) is 0 Å². The lowest BCUT2D eigenvalue weighted by Gasteiger charge is -2.15. The van der Waals surface area contributed by atoms with Crippen molar-refractivity contribution in [3.63, 3.8) is 0 Å². The smallest absolute Gasteiger partial charge is 0.400 e. The van der Waals surface area contributed by atoms with Gasteiger partial charge in [-0.05, 0) is 38.1 Å². The molecule has 1 aromatic heterocycles. The van der Waals surface area contributed by atoms with Gasteiger partial charge in [0.2, 0.25) is 5.88 Å². The van der Waals surface area contributed by atoms with Crippen LogP contribution in [0.2, 0.25) is 5.02 Å². The number of halogens is 4. The van der Waals surface area contributed by atoms with Crippen LogP contribution in [0.5, 0.6) is 5.88 Å². The van der Waals surface area contributed by atoms with Crippen molar-refractivity contribution >= 4 is 23.6 Å². The highest BCUT2D eigenvalue weighted by molar-refractivity contribution is 7.95. The molecule has 0 bridgehead atoms. The van der Waals surface area contributed by atoms with E-state index >= 15 is 0 Å². The van der Waals surface area contributed by atoms with Crippen LogP contribution < -0.4 is 9.74 Å². The summed E-state index contributed by atoms with van der Waals surface area (Å²) >= 11 is 6.95. The number of aromatic nitrogens is 2. The number of aryl methyl sites for hydroxylation is 2. The van der Waals surface area contributed by atoms with Crippen LogP contribution in [0.25, 0.3) is 5.69 Å². The zero-order chi connectivity index (χ0) is 20.5. The highest BCUT2D eigenvalue weighted by Crippen LogP contribution is 2.37. The standard InChI is InChI=1S/C19H14ClF3N2O2S/c1-11-6-8-13(9-7-11)28-27-16-10-17(26)25(12(2)24-16)15-5-3-4-14(18(15)20)19(21,22)23/h3-10H,1-2H3. The molecule has 0 aliphatic rings. The fourth-order valence-corrected chi connectivity index (χ4v) is 3.33. The second-order valence-electron chi connectivity index (χ2n) is 5.93. The number of hydrogen-bond donors (Lipinski definition) is 0. The average Bonchev–Trinajstić information content (AvgIpc) is 2.61. The lowest BCUT2D eigenvalue weighted by atomic mass is 10.2. The largest absolute Gasteiger partial charge is 0.417 e. The summed E-state index contributed by atoms with van der Waals surface area (Å²) in [5, 5.41) is -0.565. The molecular formula is C19H14ClF3N2O2S. The van der Waals surface area contributed by atoms with Gasteiger partial charge >= 0.3 is 6.18 Å². The topological polar surface area (TPSA) is 44.1 Å². The zero-order valence-electron chi connectivity index (χ0n) is 14.7. The van der Waals surface area contributed by atoms with Crippen LogP contribution in [-0.2, 0) is 6.18 Å². The van der Waals surface area contributed by atoms with E-state index in [2.05, 4.69) is 4.98 Å². The monoisotopic (exact) mass is 426 g/mol. The van der Waals surface area contributed by atoms with E-state index in [9.17, 15) is 18.0 Å². The summed E-state index contributed by atoms with van der Waals surface area (Å²) < 4.78 is 45.7. The van der Waals surface area contributed by atoms with Crippen LogP contribution in [0.3, 0.4) is 0 Å². The number of hydrogen-bond acceptors (Lipinski definition) is 4. The summed E-state index contributed by atoms with van der Waals surface area (Å²) in [6.07, 6.45) is -4.63. The van der Waals surface area contributed by atoms with E-state index in [1.165, 1.54) is 19.1 Å². The summed E-state index contributed by atoms with van der Waals surface area (Å²) in [6.45, 7) is 3.44. The minimum absolute atomic E-state index is 0.0485. The summed E-state index contributed by atoms with van der Waals surface area (Å²) in [7, 11) is 0. The molecule has 0 atom stereocenters. The summed E-state index contributed by atoms with van der Waals surface area (Å²) in [6, 6.07) is 12.0. The molecule has 3 rings (SSSR count). The zero-order valence-corrected chi connectivity index (χ0v) is 16.3. The molecule has 0 fully saturated rings. The lowest BCUT2D eigenvalue weighted by molar-refractivity contribution is -0.137. The maximum Gasteiger partial charge on any atom is 0.417 e. The molecule has 9 heteroatoms. The van der Waals surface area contributed by atoms with E-state index in [1.54, 1.807) is 0 Å². The van der Waals surface area contributed by atoms with Crippen molar-refractivity contribution in [3.05, 3.63) is 80.9 Å². The third kappa shape index (κ3) is 4.34. The second kappa shape index (κ2) is 7.89. The maximum absolute atomic E-state index is 13.1.